The van der Waals surface area contributed by atoms with Gasteiger partial charge in [-0.25, -0.2) is 8.42 Å². The van der Waals surface area contributed by atoms with E-state index in [1.54, 1.807) is 4.90 Å². The molecule has 156 valence electrons. The molecule has 2 aromatic rings. The summed E-state index contributed by atoms with van der Waals surface area (Å²) >= 11 is 0. The summed E-state index contributed by atoms with van der Waals surface area (Å²) in [7, 11) is -3.67. The van der Waals surface area contributed by atoms with E-state index in [2.05, 4.69) is 5.32 Å². The zero-order valence-corrected chi connectivity index (χ0v) is 17.2. The molecular formula is C22H22N2O5S. The van der Waals surface area contributed by atoms with Crippen LogP contribution in [0.4, 0.5) is 5.69 Å². The number of ether oxygens (including phenoxy) is 1. The molecule has 0 aromatic heterocycles. The summed E-state index contributed by atoms with van der Waals surface area (Å²) in [6.45, 7) is 0.955. The third-order valence-corrected chi connectivity index (χ3v) is 6.95. The second-order valence-corrected chi connectivity index (χ2v) is 9.36. The Balaban J connectivity index is 1.37. The normalized spacial score (nSPS) is 16.2. The van der Waals surface area contributed by atoms with Crippen LogP contribution >= 0.6 is 0 Å². The first kappa shape index (κ1) is 20.2. The van der Waals surface area contributed by atoms with Gasteiger partial charge >= 0.3 is 0 Å². The van der Waals surface area contributed by atoms with Crippen molar-refractivity contribution < 1.29 is 22.7 Å². The van der Waals surface area contributed by atoms with Crippen molar-refractivity contribution in [3.05, 3.63) is 60.2 Å². The number of carbonyl (C=O) groups excluding carboxylic acids is 2. The Hall–Kier alpha value is -3.13. The van der Waals surface area contributed by atoms with Crippen LogP contribution in [0.25, 0.3) is 5.57 Å². The lowest BCUT2D eigenvalue weighted by Gasteiger charge is -2.26. The highest BCUT2D eigenvalue weighted by Crippen LogP contribution is 2.30. The molecule has 0 unspecified atom stereocenters. The highest BCUT2D eigenvalue weighted by Gasteiger charge is 2.24. The fourth-order valence-electron chi connectivity index (χ4n) is 3.56. The van der Waals surface area contributed by atoms with Gasteiger partial charge in [0.25, 0.3) is 5.91 Å². The topological polar surface area (TPSA) is 92.8 Å². The molecule has 8 heteroatoms. The van der Waals surface area contributed by atoms with Crippen LogP contribution in [0.5, 0.6) is 5.75 Å². The number of hydrogen-bond acceptors (Lipinski definition) is 5. The van der Waals surface area contributed by atoms with Crippen molar-refractivity contribution >= 4 is 32.9 Å². The van der Waals surface area contributed by atoms with Crippen molar-refractivity contribution in [3.8, 4) is 5.75 Å². The van der Waals surface area contributed by atoms with Crippen LogP contribution in [0, 0.1) is 0 Å². The van der Waals surface area contributed by atoms with Crippen LogP contribution in [0.15, 0.2) is 59.5 Å². The van der Waals surface area contributed by atoms with Gasteiger partial charge in [-0.2, -0.15) is 0 Å². The van der Waals surface area contributed by atoms with Crippen molar-refractivity contribution in [3.63, 3.8) is 0 Å². The van der Waals surface area contributed by atoms with Gasteiger partial charge in [0, 0.05) is 19.5 Å². The van der Waals surface area contributed by atoms with Crippen LogP contribution in [-0.2, 0) is 19.4 Å². The van der Waals surface area contributed by atoms with Crippen LogP contribution < -0.4 is 10.1 Å². The molecule has 0 spiro atoms. The summed E-state index contributed by atoms with van der Waals surface area (Å²) in [4.78, 5) is 25.7. The van der Waals surface area contributed by atoms with Crippen molar-refractivity contribution in [1.82, 2.24) is 4.90 Å². The maximum Gasteiger partial charge on any atom is 0.262 e. The van der Waals surface area contributed by atoms with Gasteiger partial charge in [-0.15, -0.1) is 0 Å². The lowest BCUT2D eigenvalue weighted by atomic mass is 9.99. The molecule has 0 atom stereocenters. The summed E-state index contributed by atoms with van der Waals surface area (Å²) in [6.07, 6.45) is 2.68. The summed E-state index contributed by atoms with van der Waals surface area (Å²) < 4.78 is 30.6. The standard InChI is InChI=1S/C22H22N2O5S/c25-21-15-29-20-7-6-18(14-19(20)23-21)30(27,28)13-10-22(26)24-11-8-17(9-12-24)16-4-2-1-3-5-16/h1-8,14H,9-13,15H2,(H,23,25). The molecule has 0 fully saturated rings. The average molecular weight is 426 g/mol. The van der Waals surface area contributed by atoms with Gasteiger partial charge in [-0.1, -0.05) is 36.4 Å². The highest BCUT2D eigenvalue weighted by molar-refractivity contribution is 7.91. The van der Waals surface area contributed by atoms with Gasteiger partial charge in [0.2, 0.25) is 5.91 Å². The van der Waals surface area contributed by atoms with E-state index in [9.17, 15) is 18.0 Å². The number of carbonyl (C=O) groups is 2. The van der Waals surface area contributed by atoms with Crippen LogP contribution in [-0.4, -0.2) is 50.6 Å². The fourth-order valence-corrected chi connectivity index (χ4v) is 4.82. The zero-order chi connectivity index (χ0) is 21.1. The SMILES string of the molecule is O=C1COc2ccc(S(=O)(=O)CCC(=O)N3CC=C(c4ccccc4)CC3)cc2N1. The monoisotopic (exact) mass is 426 g/mol. The average Bonchev–Trinajstić information content (AvgIpc) is 2.77. The maximum absolute atomic E-state index is 12.7. The summed E-state index contributed by atoms with van der Waals surface area (Å²) in [5.41, 5.74) is 2.68. The smallest absolute Gasteiger partial charge is 0.262 e. The van der Waals surface area contributed by atoms with Gasteiger partial charge in [0.1, 0.15) is 5.75 Å². The Morgan fingerprint density at radius 3 is 2.67 bits per heavy atom. The van der Waals surface area contributed by atoms with E-state index in [1.165, 1.54) is 23.8 Å². The van der Waals surface area contributed by atoms with Gasteiger partial charge < -0.3 is 15.0 Å². The van der Waals surface area contributed by atoms with E-state index in [0.29, 0.717) is 24.5 Å². The molecule has 2 aromatic carbocycles. The van der Waals surface area contributed by atoms with Crippen molar-refractivity contribution in [2.75, 3.05) is 30.8 Å². The molecule has 2 aliphatic heterocycles. The number of hydrogen-bond donors (Lipinski definition) is 1. The minimum Gasteiger partial charge on any atom is -0.482 e. The lowest BCUT2D eigenvalue weighted by Crippen LogP contribution is -2.35. The van der Waals surface area contributed by atoms with E-state index >= 15 is 0 Å². The minimum absolute atomic E-state index is 0.0600. The lowest BCUT2D eigenvalue weighted by molar-refractivity contribution is -0.130. The van der Waals surface area contributed by atoms with Crippen LogP contribution in [0.2, 0.25) is 0 Å². The molecule has 7 nitrogen and oxygen atoms in total. The molecule has 1 N–H and O–H groups in total. The van der Waals surface area contributed by atoms with Gasteiger partial charge in [-0.3, -0.25) is 9.59 Å². The molecule has 2 aliphatic rings. The molecule has 0 saturated carbocycles. The van der Waals surface area contributed by atoms with E-state index in [1.807, 2.05) is 36.4 Å². The van der Waals surface area contributed by atoms with E-state index < -0.39 is 9.84 Å². The number of anilines is 1. The molecular weight excluding hydrogens is 404 g/mol. The van der Waals surface area contributed by atoms with Gasteiger partial charge in [-0.05, 0) is 35.8 Å². The first-order valence-corrected chi connectivity index (χ1v) is 11.4. The van der Waals surface area contributed by atoms with E-state index in [4.69, 9.17) is 4.74 Å². The predicted octanol–water partition coefficient (Wildman–Crippen LogP) is 2.50. The largest absolute Gasteiger partial charge is 0.482 e. The Kier molecular flexibility index (Phi) is 5.59. The Labute approximate surface area is 175 Å². The molecule has 0 bridgehead atoms. The quantitative estimate of drug-likeness (QED) is 0.793. The Morgan fingerprint density at radius 1 is 1.13 bits per heavy atom. The summed E-state index contributed by atoms with van der Waals surface area (Å²) in [5, 5.41) is 2.60. The van der Waals surface area contributed by atoms with E-state index in [0.717, 1.165) is 12.0 Å². The number of benzene rings is 2. The first-order valence-electron chi connectivity index (χ1n) is 9.74. The minimum atomic E-state index is -3.67. The molecule has 0 radical (unpaired) electrons. The van der Waals surface area contributed by atoms with Gasteiger partial charge in [0.15, 0.2) is 16.4 Å². The Bertz CT molecular complexity index is 1110. The molecule has 30 heavy (non-hydrogen) atoms. The second kappa shape index (κ2) is 8.31. The zero-order valence-electron chi connectivity index (χ0n) is 16.3. The summed E-state index contributed by atoms with van der Waals surface area (Å²) in [6, 6.07) is 14.3. The molecule has 4 rings (SSSR count). The number of rotatable bonds is 5. The summed E-state index contributed by atoms with van der Waals surface area (Å²) in [5.74, 6) is -0.374. The number of fused-ring (bicyclic) bond motifs is 1. The predicted molar refractivity (Wildman–Crippen MR) is 113 cm³/mol. The molecule has 2 heterocycles. The molecule has 0 aliphatic carbocycles. The van der Waals surface area contributed by atoms with Crippen LogP contribution in [0.1, 0.15) is 18.4 Å². The molecule has 2 amide bonds. The van der Waals surface area contributed by atoms with Crippen molar-refractivity contribution in [2.45, 2.75) is 17.7 Å². The second-order valence-electron chi connectivity index (χ2n) is 7.25. The van der Waals surface area contributed by atoms with Crippen molar-refractivity contribution in [2.24, 2.45) is 0 Å². The number of amides is 2. The van der Waals surface area contributed by atoms with E-state index in [-0.39, 0.29) is 35.5 Å². The number of nitrogens with zero attached hydrogens (tertiary/aromatic N) is 1. The molecule has 0 saturated heterocycles. The number of sulfone groups is 1. The third-order valence-electron chi connectivity index (χ3n) is 5.23. The first-order chi connectivity index (χ1) is 14.4. The Morgan fingerprint density at radius 2 is 1.93 bits per heavy atom. The van der Waals surface area contributed by atoms with Crippen LogP contribution in [0.3, 0.4) is 0 Å². The van der Waals surface area contributed by atoms with Gasteiger partial charge in [0.05, 0.1) is 16.3 Å². The highest BCUT2D eigenvalue weighted by atomic mass is 32.2. The third kappa shape index (κ3) is 4.38. The fraction of sp³-hybridized carbons (Fsp3) is 0.273. The maximum atomic E-state index is 12.7. The number of nitrogens with one attached hydrogen (secondary N) is 1. The van der Waals surface area contributed by atoms with Crippen molar-refractivity contribution in [1.29, 1.82) is 0 Å².